The van der Waals surface area contributed by atoms with E-state index in [2.05, 4.69) is 0 Å². The predicted molar refractivity (Wildman–Crippen MR) is 70.9 cm³/mol. The number of hydrogen-bond donors (Lipinski definition) is 1. The van der Waals surface area contributed by atoms with E-state index in [0.717, 1.165) is 15.3 Å². The number of nitrogens with two attached hydrogens (primary N) is 1. The standard InChI is InChI=1S/C14H15F2NS/c1-7-4-5-11(15)12(13(7)16)14(17)10-6-8(2)18-9(10)3/h4-6,14H,17H2,1-3H3. The summed E-state index contributed by atoms with van der Waals surface area (Å²) in [7, 11) is 0. The van der Waals surface area contributed by atoms with Crippen molar-refractivity contribution in [1.29, 1.82) is 0 Å². The third kappa shape index (κ3) is 2.18. The number of thiophene rings is 1. The van der Waals surface area contributed by atoms with Crippen molar-refractivity contribution in [2.45, 2.75) is 26.8 Å². The first kappa shape index (κ1) is 13.2. The molecule has 1 aromatic heterocycles. The highest BCUT2D eigenvalue weighted by Gasteiger charge is 2.22. The molecule has 0 amide bonds. The van der Waals surface area contributed by atoms with Crippen LogP contribution in [0.3, 0.4) is 0 Å². The van der Waals surface area contributed by atoms with Crippen LogP contribution in [0.15, 0.2) is 18.2 Å². The Balaban J connectivity index is 2.56. The Hall–Kier alpha value is -1.26. The third-order valence-corrected chi connectivity index (χ3v) is 4.03. The van der Waals surface area contributed by atoms with Gasteiger partial charge in [0.15, 0.2) is 0 Å². The highest BCUT2D eigenvalue weighted by molar-refractivity contribution is 7.12. The maximum Gasteiger partial charge on any atom is 0.134 e. The van der Waals surface area contributed by atoms with Crippen molar-refractivity contribution in [3.63, 3.8) is 0 Å². The van der Waals surface area contributed by atoms with Crippen molar-refractivity contribution >= 4 is 11.3 Å². The smallest absolute Gasteiger partial charge is 0.134 e. The lowest BCUT2D eigenvalue weighted by Crippen LogP contribution is -2.16. The van der Waals surface area contributed by atoms with Crippen LogP contribution in [0.1, 0.15) is 32.5 Å². The number of halogens is 2. The van der Waals surface area contributed by atoms with Crippen LogP contribution in [0.2, 0.25) is 0 Å². The Kier molecular flexibility index (Phi) is 3.50. The van der Waals surface area contributed by atoms with Gasteiger partial charge >= 0.3 is 0 Å². The zero-order valence-electron chi connectivity index (χ0n) is 10.6. The van der Waals surface area contributed by atoms with Crippen LogP contribution in [-0.4, -0.2) is 0 Å². The largest absolute Gasteiger partial charge is 0.320 e. The van der Waals surface area contributed by atoms with Crippen LogP contribution in [0.25, 0.3) is 0 Å². The molecule has 0 aliphatic carbocycles. The van der Waals surface area contributed by atoms with E-state index >= 15 is 0 Å². The predicted octanol–water partition coefficient (Wildman–Crippen LogP) is 4.00. The summed E-state index contributed by atoms with van der Waals surface area (Å²) in [5.41, 5.74) is 7.18. The van der Waals surface area contributed by atoms with Crippen LogP contribution < -0.4 is 5.73 Å². The minimum atomic E-state index is -0.755. The van der Waals surface area contributed by atoms with Crippen LogP contribution in [0, 0.1) is 32.4 Å². The van der Waals surface area contributed by atoms with E-state index in [9.17, 15) is 8.78 Å². The van der Waals surface area contributed by atoms with E-state index < -0.39 is 17.7 Å². The number of benzene rings is 1. The first-order valence-corrected chi connectivity index (χ1v) is 6.50. The number of hydrogen-bond acceptors (Lipinski definition) is 2. The molecule has 1 unspecified atom stereocenters. The average Bonchev–Trinajstić information content (AvgIpc) is 2.63. The number of aryl methyl sites for hydroxylation is 3. The molecule has 0 aliphatic heterocycles. The molecule has 0 aliphatic rings. The van der Waals surface area contributed by atoms with E-state index in [-0.39, 0.29) is 5.56 Å². The lowest BCUT2D eigenvalue weighted by atomic mass is 9.97. The van der Waals surface area contributed by atoms with Gasteiger partial charge in [-0.1, -0.05) is 6.07 Å². The molecule has 0 bridgehead atoms. The van der Waals surface area contributed by atoms with E-state index in [1.54, 1.807) is 18.3 Å². The van der Waals surface area contributed by atoms with Crippen molar-refractivity contribution in [3.05, 3.63) is 56.3 Å². The quantitative estimate of drug-likeness (QED) is 0.874. The maximum atomic E-state index is 14.0. The normalized spacial score (nSPS) is 12.8. The van der Waals surface area contributed by atoms with Crippen LogP contribution >= 0.6 is 11.3 Å². The van der Waals surface area contributed by atoms with Gasteiger partial charge in [-0.05, 0) is 44.0 Å². The third-order valence-electron chi connectivity index (χ3n) is 3.05. The Bertz CT molecular complexity index is 590. The van der Waals surface area contributed by atoms with Gasteiger partial charge in [0, 0.05) is 15.3 Å². The molecule has 1 aromatic carbocycles. The van der Waals surface area contributed by atoms with Crippen molar-refractivity contribution < 1.29 is 8.78 Å². The SMILES string of the molecule is Cc1cc(C(N)c2c(F)ccc(C)c2F)c(C)s1. The molecule has 1 nitrogen and oxygen atoms in total. The molecule has 1 atom stereocenters. The molecule has 2 aromatic rings. The first-order valence-electron chi connectivity index (χ1n) is 5.68. The lowest BCUT2D eigenvalue weighted by molar-refractivity contribution is 0.538. The molecule has 0 fully saturated rings. The van der Waals surface area contributed by atoms with E-state index in [1.807, 2.05) is 19.9 Å². The molecule has 4 heteroatoms. The van der Waals surface area contributed by atoms with Crippen molar-refractivity contribution in [2.24, 2.45) is 5.73 Å². The summed E-state index contributed by atoms with van der Waals surface area (Å²) in [5.74, 6) is -1.14. The van der Waals surface area contributed by atoms with Gasteiger partial charge in [-0.3, -0.25) is 0 Å². The zero-order chi connectivity index (χ0) is 13.4. The molecular weight excluding hydrogens is 252 g/mol. The molecular formula is C14H15F2NS. The summed E-state index contributed by atoms with van der Waals surface area (Å²) >= 11 is 1.58. The van der Waals surface area contributed by atoms with Crippen molar-refractivity contribution in [3.8, 4) is 0 Å². The molecule has 18 heavy (non-hydrogen) atoms. The topological polar surface area (TPSA) is 26.0 Å². The molecule has 96 valence electrons. The molecule has 0 spiro atoms. The average molecular weight is 267 g/mol. The second-order valence-electron chi connectivity index (χ2n) is 4.44. The molecule has 1 heterocycles. The maximum absolute atomic E-state index is 14.0. The van der Waals surface area contributed by atoms with Gasteiger partial charge in [0.2, 0.25) is 0 Å². The number of rotatable bonds is 2. The van der Waals surface area contributed by atoms with Crippen molar-refractivity contribution in [2.75, 3.05) is 0 Å². The van der Waals surface area contributed by atoms with Gasteiger partial charge in [-0.15, -0.1) is 11.3 Å². The van der Waals surface area contributed by atoms with E-state index in [0.29, 0.717) is 5.56 Å². The van der Waals surface area contributed by atoms with Gasteiger partial charge in [0.25, 0.3) is 0 Å². The van der Waals surface area contributed by atoms with E-state index in [1.165, 1.54) is 12.1 Å². The fraction of sp³-hybridized carbons (Fsp3) is 0.286. The fourth-order valence-electron chi connectivity index (χ4n) is 2.08. The molecule has 0 saturated carbocycles. The Morgan fingerprint density at radius 3 is 2.39 bits per heavy atom. The van der Waals surface area contributed by atoms with Crippen LogP contribution in [-0.2, 0) is 0 Å². The zero-order valence-corrected chi connectivity index (χ0v) is 11.4. The summed E-state index contributed by atoms with van der Waals surface area (Å²) in [6, 6.07) is 3.83. The minimum absolute atomic E-state index is 0.0455. The second-order valence-corrected chi connectivity index (χ2v) is 5.90. The van der Waals surface area contributed by atoms with Gasteiger partial charge in [0.1, 0.15) is 11.6 Å². The fourth-order valence-corrected chi connectivity index (χ4v) is 3.05. The van der Waals surface area contributed by atoms with Gasteiger partial charge in [-0.2, -0.15) is 0 Å². The Morgan fingerprint density at radius 2 is 1.83 bits per heavy atom. The summed E-state index contributed by atoms with van der Waals surface area (Å²) in [4.78, 5) is 2.09. The Morgan fingerprint density at radius 1 is 1.17 bits per heavy atom. The molecule has 0 radical (unpaired) electrons. The first-order chi connectivity index (χ1) is 8.41. The van der Waals surface area contributed by atoms with Crippen molar-refractivity contribution in [1.82, 2.24) is 0 Å². The van der Waals surface area contributed by atoms with Crippen LogP contribution in [0.5, 0.6) is 0 Å². The van der Waals surface area contributed by atoms with Gasteiger partial charge in [-0.25, -0.2) is 8.78 Å². The second kappa shape index (κ2) is 4.78. The molecule has 2 rings (SSSR count). The Labute approximate surface area is 109 Å². The van der Waals surface area contributed by atoms with Gasteiger partial charge < -0.3 is 5.73 Å². The van der Waals surface area contributed by atoms with Gasteiger partial charge in [0.05, 0.1) is 6.04 Å². The highest BCUT2D eigenvalue weighted by atomic mass is 32.1. The van der Waals surface area contributed by atoms with Crippen LogP contribution in [0.4, 0.5) is 8.78 Å². The monoisotopic (exact) mass is 267 g/mol. The summed E-state index contributed by atoms with van der Waals surface area (Å²) < 4.78 is 27.8. The summed E-state index contributed by atoms with van der Waals surface area (Å²) in [5, 5.41) is 0. The summed E-state index contributed by atoms with van der Waals surface area (Å²) in [6.45, 7) is 5.48. The summed E-state index contributed by atoms with van der Waals surface area (Å²) in [6.07, 6.45) is 0. The molecule has 2 N–H and O–H groups in total. The lowest BCUT2D eigenvalue weighted by Gasteiger charge is -2.15. The minimum Gasteiger partial charge on any atom is -0.320 e. The molecule has 0 saturated heterocycles. The van der Waals surface area contributed by atoms with E-state index in [4.69, 9.17) is 5.73 Å². The highest BCUT2D eigenvalue weighted by Crippen LogP contribution is 2.32.